The second-order valence-corrected chi connectivity index (χ2v) is 10.9. The van der Waals surface area contributed by atoms with Crippen LogP contribution in [0.5, 0.6) is 0 Å². The van der Waals surface area contributed by atoms with Crippen LogP contribution in [0.2, 0.25) is 0 Å². The van der Waals surface area contributed by atoms with E-state index in [4.69, 9.17) is 53.8 Å². The standard InChI is InChI=1S/C28H28Cl3NO5/c29-28(30,31)27(33)32-26-25(36-18-22-14-8-3-9-15-22)24(35-17-21-12-6-2-7-13-21)23(19-37-26)34-16-20-10-4-1-5-11-20/h1-15,23-26H,16-19H2,(H,32,33)/t23-,24+,25-,26+/m1/s1. The largest absolute Gasteiger partial charge is 0.368 e. The van der Waals surface area contributed by atoms with Crippen molar-refractivity contribution in [1.82, 2.24) is 5.32 Å². The maximum Gasteiger partial charge on any atom is 0.274 e. The number of carbonyl (C=O) groups excluding carboxylic acids is 1. The summed E-state index contributed by atoms with van der Waals surface area (Å²) in [5.41, 5.74) is 2.94. The molecule has 4 rings (SSSR count). The van der Waals surface area contributed by atoms with Gasteiger partial charge in [0.15, 0.2) is 6.23 Å². The predicted octanol–water partition coefficient (Wildman–Crippen LogP) is 5.59. The first-order valence-corrected chi connectivity index (χ1v) is 13.0. The Labute approximate surface area is 231 Å². The summed E-state index contributed by atoms with van der Waals surface area (Å²) in [7, 11) is 0. The molecule has 3 aromatic carbocycles. The first kappa shape index (κ1) is 27.9. The number of halogens is 3. The quantitative estimate of drug-likeness (QED) is 0.326. The zero-order chi connectivity index (χ0) is 26.1. The van der Waals surface area contributed by atoms with E-state index in [1.165, 1.54) is 0 Å². The number of nitrogens with one attached hydrogen (secondary N) is 1. The molecule has 0 bridgehead atoms. The Balaban J connectivity index is 1.56. The molecule has 3 aromatic rings. The summed E-state index contributed by atoms with van der Waals surface area (Å²) in [6.45, 7) is 1.07. The van der Waals surface area contributed by atoms with Crippen LogP contribution in [0.25, 0.3) is 0 Å². The molecule has 1 aliphatic heterocycles. The fraction of sp³-hybridized carbons (Fsp3) is 0.321. The van der Waals surface area contributed by atoms with E-state index >= 15 is 0 Å². The van der Waals surface area contributed by atoms with Crippen molar-refractivity contribution in [2.24, 2.45) is 0 Å². The average Bonchev–Trinajstić information content (AvgIpc) is 2.91. The molecule has 4 atom stereocenters. The van der Waals surface area contributed by atoms with Gasteiger partial charge in [0.1, 0.15) is 18.3 Å². The van der Waals surface area contributed by atoms with Crippen LogP contribution in [0.4, 0.5) is 0 Å². The van der Waals surface area contributed by atoms with Crippen molar-refractivity contribution in [3.8, 4) is 0 Å². The summed E-state index contributed by atoms with van der Waals surface area (Å²) in [5, 5.41) is 2.65. The molecular formula is C28H28Cl3NO5. The highest BCUT2D eigenvalue weighted by molar-refractivity contribution is 6.76. The number of hydrogen-bond donors (Lipinski definition) is 1. The van der Waals surface area contributed by atoms with E-state index in [0.29, 0.717) is 13.2 Å². The summed E-state index contributed by atoms with van der Waals surface area (Å²) in [6.07, 6.45) is -2.76. The zero-order valence-electron chi connectivity index (χ0n) is 20.0. The van der Waals surface area contributed by atoms with Gasteiger partial charge in [0.05, 0.1) is 26.4 Å². The molecule has 0 spiro atoms. The minimum Gasteiger partial charge on any atom is -0.368 e. The lowest BCUT2D eigenvalue weighted by molar-refractivity contribution is -0.243. The van der Waals surface area contributed by atoms with E-state index in [9.17, 15) is 4.79 Å². The lowest BCUT2D eigenvalue weighted by Crippen LogP contribution is -2.62. The van der Waals surface area contributed by atoms with Crippen molar-refractivity contribution in [2.75, 3.05) is 6.61 Å². The van der Waals surface area contributed by atoms with Gasteiger partial charge in [0, 0.05) is 0 Å². The monoisotopic (exact) mass is 563 g/mol. The Morgan fingerprint density at radius 1 is 0.730 bits per heavy atom. The number of amides is 1. The van der Waals surface area contributed by atoms with Gasteiger partial charge in [-0.25, -0.2) is 0 Å². The topological polar surface area (TPSA) is 66.0 Å². The SMILES string of the molecule is O=C(N[C@H]1OC[C@@H](OCc2ccccc2)[C@H](OCc2ccccc2)[C@H]1OCc1ccccc1)C(Cl)(Cl)Cl. The molecule has 1 heterocycles. The number of ether oxygens (including phenoxy) is 4. The summed E-state index contributed by atoms with van der Waals surface area (Å²) < 4.78 is 22.8. The molecule has 0 unspecified atom stereocenters. The predicted molar refractivity (Wildman–Crippen MR) is 143 cm³/mol. The van der Waals surface area contributed by atoms with Crippen molar-refractivity contribution in [3.63, 3.8) is 0 Å². The second-order valence-electron chi connectivity index (χ2n) is 8.58. The van der Waals surface area contributed by atoms with Crippen molar-refractivity contribution in [1.29, 1.82) is 0 Å². The van der Waals surface area contributed by atoms with Crippen LogP contribution >= 0.6 is 34.8 Å². The molecule has 0 radical (unpaired) electrons. The molecule has 0 aliphatic carbocycles. The third-order valence-electron chi connectivity index (χ3n) is 5.84. The van der Waals surface area contributed by atoms with Gasteiger partial charge in [-0.15, -0.1) is 0 Å². The third-order valence-corrected chi connectivity index (χ3v) is 6.35. The highest BCUT2D eigenvalue weighted by Crippen LogP contribution is 2.29. The second kappa shape index (κ2) is 13.6. The van der Waals surface area contributed by atoms with Crippen molar-refractivity contribution in [3.05, 3.63) is 108 Å². The maximum absolute atomic E-state index is 12.5. The van der Waals surface area contributed by atoms with Crippen molar-refractivity contribution in [2.45, 2.75) is 48.2 Å². The molecule has 6 nitrogen and oxygen atoms in total. The molecular weight excluding hydrogens is 537 g/mol. The van der Waals surface area contributed by atoms with Crippen molar-refractivity contribution >= 4 is 40.7 Å². The van der Waals surface area contributed by atoms with E-state index in [-0.39, 0.29) is 13.2 Å². The van der Waals surface area contributed by atoms with E-state index in [2.05, 4.69) is 5.32 Å². The zero-order valence-corrected chi connectivity index (χ0v) is 22.2. The minimum absolute atomic E-state index is 0.141. The fourth-order valence-electron chi connectivity index (χ4n) is 3.95. The first-order chi connectivity index (χ1) is 17.9. The summed E-state index contributed by atoms with van der Waals surface area (Å²) in [6, 6.07) is 29.3. The molecule has 1 saturated heterocycles. The molecule has 1 amide bonds. The normalized spacial score (nSPS) is 21.9. The van der Waals surface area contributed by atoms with Crippen LogP contribution in [-0.2, 0) is 43.6 Å². The average molecular weight is 565 g/mol. The van der Waals surface area contributed by atoms with Gasteiger partial charge in [0.2, 0.25) is 0 Å². The Morgan fingerprint density at radius 3 is 1.62 bits per heavy atom. The molecule has 37 heavy (non-hydrogen) atoms. The number of rotatable bonds is 10. The fourth-order valence-corrected chi connectivity index (χ4v) is 4.11. The summed E-state index contributed by atoms with van der Waals surface area (Å²) in [5.74, 6) is -0.818. The van der Waals surface area contributed by atoms with Crippen LogP contribution in [0.1, 0.15) is 16.7 Å². The lowest BCUT2D eigenvalue weighted by Gasteiger charge is -2.42. The number of alkyl halides is 3. The molecule has 1 aliphatic rings. The van der Waals surface area contributed by atoms with Gasteiger partial charge in [0.25, 0.3) is 9.70 Å². The van der Waals surface area contributed by atoms with E-state index < -0.39 is 34.2 Å². The Kier molecular flexibility index (Phi) is 10.2. The summed E-state index contributed by atoms with van der Waals surface area (Å²) >= 11 is 17.4. The van der Waals surface area contributed by atoms with Gasteiger partial charge in [-0.2, -0.15) is 0 Å². The molecule has 9 heteroatoms. The Morgan fingerprint density at radius 2 is 1.16 bits per heavy atom. The lowest BCUT2D eigenvalue weighted by atomic mass is 10.0. The van der Waals surface area contributed by atoms with Crippen LogP contribution < -0.4 is 5.32 Å². The van der Waals surface area contributed by atoms with Crippen LogP contribution in [0.3, 0.4) is 0 Å². The smallest absolute Gasteiger partial charge is 0.274 e. The van der Waals surface area contributed by atoms with Gasteiger partial charge in [-0.3, -0.25) is 4.79 Å². The van der Waals surface area contributed by atoms with Crippen LogP contribution in [-0.4, -0.2) is 40.8 Å². The Bertz CT molecular complexity index is 1100. The molecule has 0 saturated carbocycles. The van der Waals surface area contributed by atoms with Gasteiger partial charge < -0.3 is 24.3 Å². The maximum atomic E-state index is 12.5. The molecule has 196 valence electrons. The highest BCUT2D eigenvalue weighted by Gasteiger charge is 2.45. The molecule has 0 aromatic heterocycles. The Hall–Kier alpha value is -2.16. The van der Waals surface area contributed by atoms with E-state index in [1.54, 1.807) is 0 Å². The van der Waals surface area contributed by atoms with Gasteiger partial charge >= 0.3 is 0 Å². The van der Waals surface area contributed by atoms with Crippen LogP contribution in [0.15, 0.2) is 91.0 Å². The highest BCUT2D eigenvalue weighted by atomic mass is 35.6. The van der Waals surface area contributed by atoms with Crippen molar-refractivity contribution < 1.29 is 23.7 Å². The number of hydrogen-bond acceptors (Lipinski definition) is 5. The minimum atomic E-state index is -2.16. The van der Waals surface area contributed by atoms with E-state index in [1.807, 2.05) is 91.0 Å². The molecule has 1 fully saturated rings. The summed E-state index contributed by atoms with van der Waals surface area (Å²) in [4.78, 5) is 12.5. The number of carbonyl (C=O) groups is 1. The third kappa shape index (κ3) is 8.42. The molecule has 1 N–H and O–H groups in total. The first-order valence-electron chi connectivity index (χ1n) is 11.9. The van der Waals surface area contributed by atoms with Gasteiger partial charge in [-0.05, 0) is 16.7 Å². The van der Waals surface area contributed by atoms with Gasteiger partial charge in [-0.1, -0.05) is 126 Å². The van der Waals surface area contributed by atoms with E-state index in [0.717, 1.165) is 16.7 Å². The van der Waals surface area contributed by atoms with Crippen LogP contribution in [0, 0.1) is 0 Å². The number of benzene rings is 3.